The van der Waals surface area contributed by atoms with Crippen molar-refractivity contribution in [2.45, 2.75) is 91.4 Å². The first-order chi connectivity index (χ1) is 11.6. The van der Waals surface area contributed by atoms with Gasteiger partial charge in [-0.15, -0.1) is 0 Å². The van der Waals surface area contributed by atoms with E-state index in [0.29, 0.717) is 0 Å². The number of hydrogen-bond acceptors (Lipinski definition) is 1. The van der Waals surface area contributed by atoms with Crippen LogP contribution in [-0.4, -0.2) is 11.1 Å². The van der Waals surface area contributed by atoms with Crippen molar-refractivity contribution in [1.82, 2.24) is 0 Å². The molecule has 0 aliphatic rings. The van der Waals surface area contributed by atoms with Crippen LogP contribution in [0.4, 0.5) is 0 Å². The van der Waals surface area contributed by atoms with E-state index in [-0.39, 0.29) is 0 Å². The Morgan fingerprint density at radius 1 is 0.792 bits per heavy atom. The quantitative estimate of drug-likeness (QED) is 0.257. The van der Waals surface area contributed by atoms with Crippen LogP contribution in [-0.2, 0) is 4.79 Å². The van der Waals surface area contributed by atoms with Crippen LogP contribution in [0, 0.1) is 5.41 Å². The maximum Gasteiger partial charge on any atom is 0.309 e. The van der Waals surface area contributed by atoms with Crippen molar-refractivity contribution in [3.05, 3.63) is 36.5 Å². The molecule has 0 aromatic heterocycles. The van der Waals surface area contributed by atoms with Crippen LogP contribution in [0.3, 0.4) is 0 Å². The molecule has 0 aromatic carbocycles. The molecule has 0 aromatic rings. The van der Waals surface area contributed by atoms with Crippen molar-refractivity contribution in [3.63, 3.8) is 0 Å². The summed E-state index contributed by atoms with van der Waals surface area (Å²) in [4.78, 5) is 11.4. The minimum absolute atomic E-state index is 0.488. The highest BCUT2D eigenvalue weighted by Crippen LogP contribution is 2.33. The summed E-state index contributed by atoms with van der Waals surface area (Å²) < 4.78 is 0. The van der Waals surface area contributed by atoms with E-state index < -0.39 is 11.4 Å². The summed E-state index contributed by atoms with van der Waals surface area (Å²) in [5, 5.41) is 9.41. The highest BCUT2D eigenvalue weighted by Gasteiger charge is 2.33. The van der Waals surface area contributed by atoms with Crippen LogP contribution >= 0.6 is 0 Å². The Balaban J connectivity index is 3.65. The minimum Gasteiger partial charge on any atom is -0.481 e. The van der Waals surface area contributed by atoms with E-state index in [1.807, 2.05) is 13.8 Å². The number of aliphatic carboxylic acids is 1. The van der Waals surface area contributed by atoms with E-state index in [0.717, 1.165) is 57.8 Å². The van der Waals surface area contributed by atoms with Gasteiger partial charge >= 0.3 is 5.97 Å². The Bertz CT molecular complexity index is 387. The zero-order valence-corrected chi connectivity index (χ0v) is 16.1. The second-order valence-corrected chi connectivity index (χ2v) is 6.54. The van der Waals surface area contributed by atoms with Gasteiger partial charge in [0.15, 0.2) is 0 Å². The Kier molecular flexibility index (Phi) is 14.4. The molecule has 0 radical (unpaired) electrons. The maximum absolute atomic E-state index is 11.4. The van der Waals surface area contributed by atoms with Gasteiger partial charge in [0, 0.05) is 0 Å². The molecule has 0 spiro atoms. The van der Waals surface area contributed by atoms with Crippen LogP contribution in [0.15, 0.2) is 36.5 Å². The van der Waals surface area contributed by atoms with Gasteiger partial charge in [-0.25, -0.2) is 0 Å². The number of allylic oxidation sites excluding steroid dienone is 6. The van der Waals surface area contributed by atoms with Crippen molar-refractivity contribution in [2.24, 2.45) is 5.41 Å². The van der Waals surface area contributed by atoms with E-state index in [9.17, 15) is 9.90 Å². The lowest BCUT2D eigenvalue weighted by molar-refractivity contribution is -0.150. The molecule has 0 rings (SSSR count). The van der Waals surface area contributed by atoms with Gasteiger partial charge in [0.25, 0.3) is 0 Å². The average molecular weight is 335 g/mol. The molecule has 0 saturated heterocycles. The molecule has 0 bridgehead atoms. The molecule has 2 nitrogen and oxygen atoms in total. The summed E-state index contributed by atoms with van der Waals surface area (Å²) >= 11 is 0. The summed E-state index contributed by atoms with van der Waals surface area (Å²) in [7, 11) is 0. The Labute approximate surface area is 149 Å². The molecule has 0 saturated carbocycles. The van der Waals surface area contributed by atoms with Crippen LogP contribution in [0.1, 0.15) is 91.4 Å². The van der Waals surface area contributed by atoms with Crippen LogP contribution in [0.2, 0.25) is 0 Å². The van der Waals surface area contributed by atoms with Gasteiger partial charge in [-0.2, -0.15) is 0 Å². The first-order valence-electron chi connectivity index (χ1n) is 9.81. The predicted molar refractivity (Wildman–Crippen MR) is 105 cm³/mol. The first-order valence-corrected chi connectivity index (χ1v) is 9.81. The summed E-state index contributed by atoms with van der Waals surface area (Å²) in [5.74, 6) is -0.617. The molecule has 24 heavy (non-hydrogen) atoms. The summed E-state index contributed by atoms with van der Waals surface area (Å²) in [5.41, 5.74) is -0.488. The van der Waals surface area contributed by atoms with Gasteiger partial charge < -0.3 is 5.11 Å². The Hall–Kier alpha value is -1.31. The fourth-order valence-electron chi connectivity index (χ4n) is 2.92. The molecule has 0 aliphatic heterocycles. The highest BCUT2D eigenvalue weighted by molar-refractivity contribution is 5.74. The lowest BCUT2D eigenvalue weighted by atomic mass is 9.78. The van der Waals surface area contributed by atoms with E-state index in [4.69, 9.17) is 0 Å². The van der Waals surface area contributed by atoms with Gasteiger partial charge in [-0.1, -0.05) is 76.5 Å². The lowest BCUT2D eigenvalue weighted by Crippen LogP contribution is -2.29. The number of carbonyl (C=O) groups is 1. The largest absolute Gasteiger partial charge is 0.481 e. The molecule has 0 amide bonds. The van der Waals surface area contributed by atoms with Gasteiger partial charge in [-0.05, 0) is 51.4 Å². The third kappa shape index (κ3) is 10.5. The fraction of sp³-hybridized carbons (Fsp3) is 0.682. The van der Waals surface area contributed by atoms with Gasteiger partial charge in [0.05, 0.1) is 5.41 Å². The van der Waals surface area contributed by atoms with Crippen molar-refractivity contribution in [1.29, 1.82) is 0 Å². The minimum atomic E-state index is -0.617. The Morgan fingerprint density at radius 3 is 1.88 bits per heavy atom. The fourth-order valence-corrected chi connectivity index (χ4v) is 2.92. The van der Waals surface area contributed by atoms with E-state index in [1.54, 1.807) is 0 Å². The number of carboxylic acid groups (broad SMARTS) is 1. The topological polar surface area (TPSA) is 37.3 Å². The smallest absolute Gasteiger partial charge is 0.309 e. The molecule has 0 aliphatic carbocycles. The molecule has 0 unspecified atom stereocenters. The highest BCUT2D eigenvalue weighted by atomic mass is 16.4. The molecule has 0 atom stereocenters. The second kappa shape index (κ2) is 15.2. The third-order valence-corrected chi connectivity index (χ3v) is 4.86. The SMILES string of the molecule is CC/C=C\C/C=C\C/C=C\CCCCCCC(CC)(CC)C(=O)O. The molecular weight excluding hydrogens is 296 g/mol. The average Bonchev–Trinajstić information content (AvgIpc) is 2.58. The predicted octanol–water partition coefficient (Wildman–Crippen LogP) is 7.08. The van der Waals surface area contributed by atoms with Crippen LogP contribution < -0.4 is 0 Å². The van der Waals surface area contributed by atoms with Crippen molar-refractivity contribution < 1.29 is 9.90 Å². The monoisotopic (exact) mass is 334 g/mol. The molecule has 0 heterocycles. The van der Waals surface area contributed by atoms with Crippen molar-refractivity contribution >= 4 is 5.97 Å². The van der Waals surface area contributed by atoms with E-state index in [1.165, 1.54) is 12.8 Å². The van der Waals surface area contributed by atoms with Gasteiger partial charge in [0.2, 0.25) is 0 Å². The Morgan fingerprint density at radius 2 is 1.33 bits per heavy atom. The molecule has 2 heteroatoms. The number of unbranched alkanes of at least 4 members (excludes halogenated alkanes) is 4. The second-order valence-electron chi connectivity index (χ2n) is 6.54. The zero-order chi connectivity index (χ0) is 18.1. The first kappa shape index (κ1) is 22.7. The molecule has 138 valence electrons. The zero-order valence-electron chi connectivity index (χ0n) is 16.1. The van der Waals surface area contributed by atoms with Crippen LogP contribution in [0.5, 0.6) is 0 Å². The summed E-state index contributed by atoms with van der Waals surface area (Å²) in [6.45, 7) is 6.15. The number of carboxylic acids is 1. The molecule has 0 fully saturated rings. The lowest BCUT2D eigenvalue weighted by Gasteiger charge is -2.26. The molecular formula is C22H38O2. The normalized spacial score (nSPS) is 12.8. The van der Waals surface area contributed by atoms with Gasteiger partial charge in [-0.3, -0.25) is 4.79 Å². The van der Waals surface area contributed by atoms with Crippen LogP contribution in [0.25, 0.3) is 0 Å². The standard InChI is InChI=1S/C22H38O2/c1-4-7-8-9-10-11-12-13-14-15-16-17-18-19-20-22(5-2,6-3)21(23)24/h7-8,10-11,13-14H,4-6,9,12,15-20H2,1-3H3,(H,23,24)/b8-7-,11-10-,14-13-. The van der Waals surface area contributed by atoms with Crippen molar-refractivity contribution in [2.75, 3.05) is 0 Å². The van der Waals surface area contributed by atoms with Crippen molar-refractivity contribution in [3.8, 4) is 0 Å². The third-order valence-electron chi connectivity index (χ3n) is 4.86. The van der Waals surface area contributed by atoms with E-state index in [2.05, 4.69) is 43.4 Å². The maximum atomic E-state index is 11.4. The molecule has 1 N–H and O–H groups in total. The number of hydrogen-bond donors (Lipinski definition) is 1. The summed E-state index contributed by atoms with van der Waals surface area (Å²) in [6.07, 6.45) is 24.5. The number of rotatable bonds is 15. The van der Waals surface area contributed by atoms with E-state index >= 15 is 0 Å². The van der Waals surface area contributed by atoms with Gasteiger partial charge in [0.1, 0.15) is 0 Å². The summed E-state index contributed by atoms with van der Waals surface area (Å²) in [6, 6.07) is 0.